The van der Waals surface area contributed by atoms with Crippen LogP contribution in [0, 0.1) is 0 Å². The van der Waals surface area contributed by atoms with Crippen molar-refractivity contribution in [1.29, 1.82) is 0 Å². The number of pyridine rings is 1. The second kappa shape index (κ2) is 9.69. The first-order valence-corrected chi connectivity index (χ1v) is 9.67. The quantitative estimate of drug-likeness (QED) is 0.540. The van der Waals surface area contributed by atoms with Crippen LogP contribution < -0.4 is 14.8 Å². The zero-order chi connectivity index (χ0) is 21.5. The second-order valence-electron chi connectivity index (χ2n) is 7.08. The molecule has 0 atom stereocenters. The van der Waals surface area contributed by atoms with Gasteiger partial charge in [-0.1, -0.05) is 30.3 Å². The van der Waals surface area contributed by atoms with Crippen molar-refractivity contribution in [3.05, 3.63) is 83.6 Å². The number of hydrogen-bond donors (Lipinski definition) is 1. The van der Waals surface area contributed by atoms with E-state index in [4.69, 9.17) is 9.47 Å². The number of benzene rings is 2. The normalized spacial score (nSPS) is 10.5. The van der Waals surface area contributed by atoms with Gasteiger partial charge in [0.25, 0.3) is 5.91 Å². The highest BCUT2D eigenvalue weighted by Gasteiger charge is 2.13. The van der Waals surface area contributed by atoms with E-state index in [1.54, 1.807) is 30.3 Å². The summed E-state index contributed by atoms with van der Waals surface area (Å²) in [5, 5.41) is 2.73. The number of rotatable bonds is 8. The maximum atomic E-state index is 12.8. The number of aromatic nitrogens is 1. The molecule has 6 heteroatoms. The molecule has 3 rings (SSSR count). The predicted octanol–water partition coefficient (Wildman–Crippen LogP) is 4.90. The first-order valence-electron chi connectivity index (χ1n) is 9.67. The minimum atomic E-state index is -0.350. The van der Waals surface area contributed by atoms with Gasteiger partial charge in [-0.3, -0.25) is 9.59 Å². The number of Topliss-reactive ketones (excluding diaryl/α,β-unsaturated/α-hetero) is 1. The van der Waals surface area contributed by atoms with Crippen LogP contribution in [0.5, 0.6) is 11.5 Å². The zero-order valence-corrected chi connectivity index (χ0v) is 17.2. The third-order valence-electron chi connectivity index (χ3n) is 4.17. The Kier molecular flexibility index (Phi) is 6.80. The van der Waals surface area contributed by atoms with Gasteiger partial charge < -0.3 is 14.8 Å². The summed E-state index contributed by atoms with van der Waals surface area (Å²) in [6.07, 6.45) is 1.39. The van der Waals surface area contributed by atoms with E-state index in [1.807, 2.05) is 44.2 Å². The Morgan fingerprint density at radius 2 is 1.70 bits per heavy atom. The number of carbonyl (C=O) groups is 2. The molecular formula is C24H24N2O4. The lowest BCUT2D eigenvalue weighted by Crippen LogP contribution is -2.14. The van der Waals surface area contributed by atoms with Gasteiger partial charge in [0.1, 0.15) is 23.9 Å². The number of amides is 1. The van der Waals surface area contributed by atoms with E-state index < -0.39 is 0 Å². The van der Waals surface area contributed by atoms with E-state index in [-0.39, 0.29) is 17.8 Å². The van der Waals surface area contributed by atoms with Crippen molar-refractivity contribution in [3.8, 4) is 11.5 Å². The Morgan fingerprint density at radius 1 is 0.967 bits per heavy atom. The maximum Gasteiger partial charge on any atom is 0.257 e. The summed E-state index contributed by atoms with van der Waals surface area (Å²) in [5.41, 5.74) is 1.89. The maximum absolute atomic E-state index is 12.8. The summed E-state index contributed by atoms with van der Waals surface area (Å²) in [6.45, 7) is 5.67. The average molecular weight is 404 g/mol. The number of ether oxygens (including phenoxy) is 2. The molecule has 2 aromatic carbocycles. The first kappa shape index (κ1) is 21.0. The van der Waals surface area contributed by atoms with Gasteiger partial charge in [0.15, 0.2) is 5.78 Å². The Morgan fingerprint density at radius 3 is 2.33 bits per heavy atom. The lowest BCUT2D eigenvalue weighted by atomic mass is 10.1. The molecule has 0 saturated heterocycles. The first-order chi connectivity index (χ1) is 14.4. The second-order valence-corrected chi connectivity index (χ2v) is 7.08. The fourth-order valence-corrected chi connectivity index (χ4v) is 2.73. The molecule has 1 aromatic heterocycles. The van der Waals surface area contributed by atoms with Crippen molar-refractivity contribution in [2.75, 3.05) is 5.32 Å². The molecule has 1 heterocycles. The summed E-state index contributed by atoms with van der Waals surface area (Å²) in [7, 11) is 0. The fraction of sp³-hybridized carbons (Fsp3) is 0.208. The summed E-state index contributed by atoms with van der Waals surface area (Å²) in [5.74, 6) is 0.991. The van der Waals surface area contributed by atoms with E-state index in [9.17, 15) is 9.59 Å². The van der Waals surface area contributed by atoms with Crippen LogP contribution in [-0.2, 0) is 6.61 Å². The number of hydrogen-bond acceptors (Lipinski definition) is 5. The van der Waals surface area contributed by atoms with Gasteiger partial charge in [-0.25, -0.2) is 4.98 Å². The van der Waals surface area contributed by atoms with E-state index in [0.29, 0.717) is 35.1 Å². The molecule has 1 amide bonds. The van der Waals surface area contributed by atoms with Gasteiger partial charge >= 0.3 is 0 Å². The van der Waals surface area contributed by atoms with E-state index in [1.165, 1.54) is 13.1 Å². The van der Waals surface area contributed by atoms with Crippen molar-refractivity contribution < 1.29 is 19.1 Å². The largest absolute Gasteiger partial charge is 0.491 e. The lowest BCUT2D eigenvalue weighted by Gasteiger charge is -2.14. The van der Waals surface area contributed by atoms with Crippen molar-refractivity contribution in [2.45, 2.75) is 33.5 Å². The molecule has 0 aliphatic carbocycles. The smallest absolute Gasteiger partial charge is 0.257 e. The van der Waals surface area contributed by atoms with Crippen LogP contribution in [0.3, 0.4) is 0 Å². The molecule has 0 aliphatic rings. The third kappa shape index (κ3) is 5.91. The van der Waals surface area contributed by atoms with Gasteiger partial charge in [-0.2, -0.15) is 0 Å². The van der Waals surface area contributed by atoms with Crippen molar-refractivity contribution in [3.63, 3.8) is 0 Å². The molecule has 1 N–H and O–H groups in total. The molecule has 30 heavy (non-hydrogen) atoms. The van der Waals surface area contributed by atoms with Gasteiger partial charge in [-0.15, -0.1) is 0 Å². The van der Waals surface area contributed by atoms with E-state index >= 15 is 0 Å². The van der Waals surface area contributed by atoms with Crippen molar-refractivity contribution >= 4 is 17.5 Å². The number of ketones is 1. The van der Waals surface area contributed by atoms with Crippen LogP contribution in [-0.4, -0.2) is 22.8 Å². The molecule has 0 radical (unpaired) electrons. The number of anilines is 1. The van der Waals surface area contributed by atoms with Crippen LogP contribution >= 0.6 is 0 Å². The fourth-order valence-electron chi connectivity index (χ4n) is 2.73. The molecule has 154 valence electrons. The molecule has 3 aromatic rings. The average Bonchev–Trinajstić information content (AvgIpc) is 2.73. The molecule has 0 spiro atoms. The molecule has 0 bridgehead atoms. The highest BCUT2D eigenvalue weighted by atomic mass is 16.5. The molecule has 6 nitrogen and oxygen atoms in total. The molecule has 0 fully saturated rings. The molecule has 0 aliphatic heterocycles. The van der Waals surface area contributed by atoms with E-state index in [2.05, 4.69) is 10.3 Å². The summed E-state index contributed by atoms with van der Waals surface area (Å²) < 4.78 is 11.7. The molecule has 0 unspecified atom stereocenters. The SMILES string of the molecule is CC(=O)c1ccc(NC(=O)c2cc(OCc3ccccc3)cc(OC(C)C)c2)nc1. The van der Waals surface area contributed by atoms with Gasteiger partial charge in [0, 0.05) is 23.4 Å². The van der Waals surface area contributed by atoms with Crippen LogP contribution in [0.15, 0.2) is 66.9 Å². The van der Waals surface area contributed by atoms with Crippen LogP contribution in [0.1, 0.15) is 47.1 Å². The van der Waals surface area contributed by atoms with Crippen molar-refractivity contribution in [1.82, 2.24) is 4.98 Å². The van der Waals surface area contributed by atoms with Crippen LogP contribution in [0.2, 0.25) is 0 Å². The van der Waals surface area contributed by atoms with Gasteiger partial charge in [0.2, 0.25) is 0 Å². The van der Waals surface area contributed by atoms with E-state index in [0.717, 1.165) is 5.56 Å². The zero-order valence-electron chi connectivity index (χ0n) is 17.2. The van der Waals surface area contributed by atoms with Crippen LogP contribution in [0.25, 0.3) is 0 Å². The lowest BCUT2D eigenvalue weighted by molar-refractivity contribution is 0.101. The van der Waals surface area contributed by atoms with Crippen LogP contribution in [0.4, 0.5) is 5.82 Å². The standard InChI is InChI=1S/C24H24N2O4/c1-16(2)30-22-12-20(11-21(13-22)29-15-18-7-5-4-6-8-18)24(28)26-23-10-9-19(14-25-23)17(3)27/h4-14,16H,15H2,1-3H3,(H,25,26,28). The highest BCUT2D eigenvalue weighted by molar-refractivity contribution is 6.04. The number of carbonyl (C=O) groups excluding carboxylic acids is 2. The van der Waals surface area contributed by atoms with Crippen molar-refractivity contribution in [2.24, 2.45) is 0 Å². The minimum Gasteiger partial charge on any atom is -0.491 e. The van der Waals surface area contributed by atoms with Gasteiger partial charge in [0.05, 0.1) is 6.10 Å². The van der Waals surface area contributed by atoms with Gasteiger partial charge in [-0.05, 0) is 50.6 Å². The number of nitrogens with one attached hydrogen (secondary N) is 1. The molecule has 0 saturated carbocycles. The highest BCUT2D eigenvalue weighted by Crippen LogP contribution is 2.25. The topological polar surface area (TPSA) is 77.5 Å². The Bertz CT molecular complexity index is 1020. The number of nitrogens with zero attached hydrogens (tertiary/aromatic N) is 1. The monoisotopic (exact) mass is 404 g/mol. The third-order valence-corrected chi connectivity index (χ3v) is 4.17. The Labute approximate surface area is 175 Å². The Balaban J connectivity index is 1.78. The minimum absolute atomic E-state index is 0.0499. The summed E-state index contributed by atoms with van der Waals surface area (Å²) in [4.78, 5) is 28.3. The summed E-state index contributed by atoms with van der Waals surface area (Å²) >= 11 is 0. The molecular weight excluding hydrogens is 380 g/mol. The Hall–Kier alpha value is -3.67. The summed E-state index contributed by atoms with van der Waals surface area (Å²) in [6, 6.07) is 18.1. The predicted molar refractivity (Wildman–Crippen MR) is 115 cm³/mol.